The summed E-state index contributed by atoms with van der Waals surface area (Å²) in [6, 6.07) is 7.89. The lowest BCUT2D eigenvalue weighted by Crippen LogP contribution is -2.21. The van der Waals surface area contributed by atoms with E-state index < -0.39 is 0 Å². The number of hydrogen-bond acceptors (Lipinski definition) is 3. The van der Waals surface area contributed by atoms with Crippen molar-refractivity contribution in [2.45, 2.75) is 6.54 Å². The molecule has 1 heterocycles. The molecule has 0 aliphatic rings. The molecule has 2 aromatic rings. The summed E-state index contributed by atoms with van der Waals surface area (Å²) < 4.78 is 2.21. The molecule has 6 heteroatoms. The Balaban J connectivity index is 2.16. The highest BCUT2D eigenvalue weighted by Gasteiger charge is 2.06. The van der Waals surface area contributed by atoms with Crippen LogP contribution in [0.1, 0.15) is 5.56 Å². The Kier molecular flexibility index (Phi) is 4.04. The van der Waals surface area contributed by atoms with E-state index in [2.05, 4.69) is 26.3 Å². The van der Waals surface area contributed by atoms with Crippen molar-refractivity contribution in [3.05, 3.63) is 55.9 Å². The molecule has 0 fully saturated rings. The molecule has 94 valence electrons. The minimum Gasteiger partial charge on any atom is -0.378 e. The standard InChI is InChI=1S/C12H11BrClN3O/c1-17-12(18)11(14)10(7-16-17)15-6-8-3-2-4-9(13)5-8/h2-5,7,15H,6H2,1H3. The molecule has 0 unspecified atom stereocenters. The summed E-state index contributed by atoms with van der Waals surface area (Å²) in [7, 11) is 1.56. The summed E-state index contributed by atoms with van der Waals surface area (Å²) in [5, 5.41) is 7.17. The number of hydrogen-bond donors (Lipinski definition) is 1. The van der Waals surface area contributed by atoms with E-state index in [1.54, 1.807) is 13.2 Å². The van der Waals surface area contributed by atoms with E-state index in [-0.39, 0.29) is 10.6 Å². The zero-order valence-corrected chi connectivity index (χ0v) is 12.0. The van der Waals surface area contributed by atoms with Gasteiger partial charge in [0, 0.05) is 18.1 Å². The number of nitrogens with one attached hydrogen (secondary N) is 1. The molecule has 1 aromatic carbocycles. The van der Waals surface area contributed by atoms with E-state index in [4.69, 9.17) is 11.6 Å². The minimum absolute atomic E-state index is 0.155. The van der Waals surface area contributed by atoms with Crippen LogP contribution in [-0.2, 0) is 13.6 Å². The summed E-state index contributed by atoms with van der Waals surface area (Å²) in [5.74, 6) is 0. The Morgan fingerprint density at radius 1 is 1.50 bits per heavy atom. The number of aryl methyl sites for hydroxylation is 1. The van der Waals surface area contributed by atoms with Gasteiger partial charge in [-0.3, -0.25) is 4.79 Å². The Bertz CT molecular complexity index is 627. The summed E-state index contributed by atoms with van der Waals surface area (Å²) in [5.41, 5.74) is 1.32. The molecule has 0 saturated carbocycles. The number of benzene rings is 1. The molecule has 0 aliphatic carbocycles. The Morgan fingerprint density at radius 2 is 2.28 bits per heavy atom. The van der Waals surface area contributed by atoms with Gasteiger partial charge in [0.1, 0.15) is 5.02 Å². The highest BCUT2D eigenvalue weighted by molar-refractivity contribution is 9.10. The van der Waals surface area contributed by atoms with Crippen LogP contribution in [0, 0.1) is 0 Å². The fourth-order valence-electron chi connectivity index (χ4n) is 1.48. The Hall–Kier alpha value is -1.33. The highest BCUT2D eigenvalue weighted by Crippen LogP contribution is 2.17. The molecular weight excluding hydrogens is 318 g/mol. The smallest absolute Gasteiger partial charge is 0.287 e. The molecule has 2 rings (SSSR count). The van der Waals surface area contributed by atoms with Crippen LogP contribution in [0.4, 0.5) is 5.69 Å². The maximum absolute atomic E-state index is 11.6. The maximum atomic E-state index is 11.6. The average Bonchev–Trinajstić information content (AvgIpc) is 2.35. The van der Waals surface area contributed by atoms with Crippen molar-refractivity contribution < 1.29 is 0 Å². The molecule has 18 heavy (non-hydrogen) atoms. The van der Waals surface area contributed by atoms with Crippen LogP contribution in [0.15, 0.2) is 39.7 Å². The van der Waals surface area contributed by atoms with E-state index in [1.165, 1.54) is 4.68 Å². The van der Waals surface area contributed by atoms with Gasteiger partial charge in [0.25, 0.3) is 5.56 Å². The van der Waals surface area contributed by atoms with E-state index in [0.717, 1.165) is 10.0 Å². The molecule has 1 N–H and O–H groups in total. The minimum atomic E-state index is -0.309. The van der Waals surface area contributed by atoms with Crippen LogP contribution in [0.2, 0.25) is 5.02 Å². The van der Waals surface area contributed by atoms with Crippen molar-refractivity contribution >= 4 is 33.2 Å². The van der Waals surface area contributed by atoms with Crippen LogP contribution in [0.5, 0.6) is 0 Å². The number of halogens is 2. The van der Waals surface area contributed by atoms with E-state index >= 15 is 0 Å². The predicted octanol–water partition coefficient (Wildman–Crippen LogP) is 2.81. The molecule has 0 atom stereocenters. The third-order valence-corrected chi connectivity index (χ3v) is 3.31. The molecule has 0 bridgehead atoms. The predicted molar refractivity (Wildman–Crippen MR) is 76.0 cm³/mol. The number of rotatable bonds is 3. The van der Waals surface area contributed by atoms with Gasteiger partial charge in [-0.05, 0) is 17.7 Å². The fraction of sp³-hybridized carbons (Fsp3) is 0.167. The normalized spacial score (nSPS) is 10.4. The molecule has 1 aromatic heterocycles. The molecule has 4 nitrogen and oxygen atoms in total. The third kappa shape index (κ3) is 2.91. The SMILES string of the molecule is Cn1ncc(NCc2cccc(Br)c2)c(Cl)c1=O. The largest absolute Gasteiger partial charge is 0.378 e. The fourth-order valence-corrected chi connectivity index (χ4v) is 2.16. The van der Waals surface area contributed by atoms with Gasteiger partial charge in [0.05, 0.1) is 11.9 Å². The lowest BCUT2D eigenvalue weighted by atomic mass is 10.2. The van der Waals surface area contributed by atoms with Crippen molar-refractivity contribution in [3.8, 4) is 0 Å². The van der Waals surface area contributed by atoms with Crippen molar-refractivity contribution in [1.82, 2.24) is 9.78 Å². The van der Waals surface area contributed by atoms with E-state index in [9.17, 15) is 4.79 Å². The quantitative estimate of drug-likeness (QED) is 0.942. The maximum Gasteiger partial charge on any atom is 0.287 e. The first kappa shape index (κ1) is 13.1. The second-order valence-corrected chi connectivity index (χ2v) is 5.08. The monoisotopic (exact) mass is 327 g/mol. The van der Waals surface area contributed by atoms with Crippen LogP contribution < -0.4 is 10.9 Å². The molecule has 0 spiro atoms. The third-order valence-electron chi connectivity index (χ3n) is 2.45. The van der Waals surface area contributed by atoms with Crippen LogP contribution in [0.3, 0.4) is 0 Å². The summed E-state index contributed by atoms with van der Waals surface area (Å²) in [6.45, 7) is 0.577. The zero-order valence-electron chi connectivity index (χ0n) is 9.65. The Morgan fingerprint density at radius 3 is 3.00 bits per heavy atom. The molecule has 0 amide bonds. The summed E-state index contributed by atoms with van der Waals surface area (Å²) >= 11 is 9.36. The summed E-state index contributed by atoms with van der Waals surface area (Å²) in [6.07, 6.45) is 1.54. The molecule has 0 radical (unpaired) electrons. The van der Waals surface area contributed by atoms with Crippen LogP contribution >= 0.6 is 27.5 Å². The lowest BCUT2D eigenvalue weighted by Gasteiger charge is -2.08. The van der Waals surface area contributed by atoms with Crippen LogP contribution in [-0.4, -0.2) is 9.78 Å². The topological polar surface area (TPSA) is 46.9 Å². The van der Waals surface area contributed by atoms with Crippen molar-refractivity contribution in [3.63, 3.8) is 0 Å². The van der Waals surface area contributed by atoms with Crippen molar-refractivity contribution in [2.24, 2.45) is 7.05 Å². The average molecular weight is 329 g/mol. The van der Waals surface area contributed by atoms with Crippen molar-refractivity contribution in [1.29, 1.82) is 0 Å². The molecule has 0 saturated heterocycles. The first-order chi connectivity index (χ1) is 8.58. The number of aromatic nitrogens is 2. The molecule has 0 aliphatic heterocycles. The molecular formula is C12H11BrClN3O. The second kappa shape index (κ2) is 5.54. The van der Waals surface area contributed by atoms with Gasteiger partial charge in [-0.15, -0.1) is 0 Å². The first-order valence-corrected chi connectivity index (χ1v) is 6.45. The Labute approximate surface area is 118 Å². The second-order valence-electron chi connectivity index (χ2n) is 3.78. The number of anilines is 1. The lowest BCUT2D eigenvalue weighted by molar-refractivity contribution is 0.708. The zero-order chi connectivity index (χ0) is 13.1. The highest BCUT2D eigenvalue weighted by atomic mass is 79.9. The first-order valence-electron chi connectivity index (χ1n) is 5.28. The van der Waals surface area contributed by atoms with Gasteiger partial charge in [0.15, 0.2) is 0 Å². The van der Waals surface area contributed by atoms with Crippen LogP contribution in [0.25, 0.3) is 0 Å². The van der Waals surface area contributed by atoms with Gasteiger partial charge in [0.2, 0.25) is 0 Å². The summed E-state index contributed by atoms with van der Waals surface area (Å²) in [4.78, 5) is 11.6. The van der Waals surface area contributed by atoms with E-state index in [0.29, 0.717) is 12.2 Å². The van der Waals surface area contributed by atoms with Crippen molar-refractivity contribution in [2.75, 3.05) is 5.32 Å². The van der Waals surface area contributed by atoms with Gasteiger partial charge in [-0.1, -0.05) is 39.7 Å². The van der Waals surface area contributed by atoms with Gasteiger partial charge < -0.3 is 5.32 Å². The van der Waals surface area contributed by atoms with Gasteiger partial charge in [-0.2, -0.15) is 5.10 Å². The number of nitrogens with zero attached hydrogens (tertiary/aromatic N) is 2. The van der Waals surface area contributed by atoms with E-state index in [1.807, 2.05) is 24.3 Å². The van der Waals surface area contributed by atoms with Gasteiger partial charge >= 0.3 is 0 Å². The van der Waals surface area contributed by atoms with Gasteiger partial charge in [-0.25, -0.2) is 4.68 Å².